The second-order valence-corrected chi connectivity index (χ2v) is 5.40. The first kappa shape index (κ1) is 14.4. The fourth-order valence-electron chi connectivity index (χ4n) is 3.33. The molecule has 0 N–H and O–H groups in total. The third kappa shape index (κ3) is 2.49. The van der Waals surface area contributed by atoms with E-state index in [1.807, 2.05) is 30.3 Å². The maximum absolute atomic E-state index is 12.2. The highest BCUT2D eigenvalue weighted by molar-refractivity contribution is 5.89. The third-order valence-corrected chi connectivity index (χ3v) is 4.46. The van der Waals surface area contributed by atoms with Crippen LogP contribution in [0.25, 0.3) is 0 Å². The Hall–Kier alpha value is -1.06. The standard InChI is InChI=1S/C15H19NO2.ClH/c1-16-13-8-5-10-15(16,11-9-13)18-14(17)12-6-3-2-4-7-12;/h2-4,6-7,13H,5,8-11H2,1H3;1H/t13-,15-;/m1./s1. The van der Waals surface area contributed by atoms with E-state index in [1.54, 1.807) is 0 Å². The molecule has 2 fully saturated rings. The van der Waals surface area contributed by atoms with E-state index in [2.05, 4.69) is 11.9 Å². The van der Waals surface area contributed by atoms with Crippen LogP contribution >= 0.6 is 12.4 Å². The van der Waals surface area contributed by atoms with Gasteiger partial charge < -0.3 is 4.74 Å². The monoisotopic (exact) mass is 281 g/mol. The predicted octanol–water partition coefficient (Wildman–Crippen LogP) is 3.24. The molecule has 1 aromatic carbocycles. The molecule has 4 heteroatoms. The Morgan fingerprint density at radius 3 is 2.74 bits per heavy atom. The summed E-state index contributed by atoms with van der Waals surface area (Å²) >= 11 is 0. The molecule has 2 heterocycles. The van der Waals surface area contributed by atoms with Crippen LogP contribution in [0.4, 0.5) is 0 Å². The molecule has 0 unspecified atom stereocenters. The van der Waals surface area contributed by atoms with Crippen LogP contribution in [0, 0.1) is 0 Å². The van der Waals surface area contributed by atoms with Crippen LogP contribution in [0.2, 0.25) is 0 Å². The average Bonchev–Trinajstić information content (AvgIpc) is 2.60. The van der Waals surface area contributed by atoms with E-state index in [9.17, 15) is 4.79 Å². The van der Waals surface area contributed by atoms with Gasteiger partial charge >= 0.3 is 5.97 Å². The van der Waals surface area contributed by atoms with Gasteiger partial charge in [0.25, 0.3) is 0 Å². The first-order valence-electron chi connectivity index (χ1n) is 6.73. The van der Waals surface area contributed by atoms with Gasteiger partial charge in [0.1, 0.15) is 0 Å². The summed E-state index contributed by atoms with van der Waals surface area (Å²) < 4.78 is 5.86. The van der Waals surface area contributed by atoms with Crippen molar-refractivity contribution in [2.24, 2.45) is 0 Å². The molecule has 3 rings (SSSR count). The Morgan fingerprint density at radius 1 is 1.26 bits per heavy atom. The molecular formula is C15H20ClNO2. The van der Waals surface area contributed by atoms with E-state index < -0.39 is 0 Å². The van der Waals surface area contributed by atoms with Gasteiger partial charge in [-0.3, -0.25) is 4.90 Å². The SMILES string of the molecule is CN1[C@@H]2CCC[C@@]1(OC(=O)c1ccccc1)CC2.Cl. The molecule has 2 saturated heterocycles. The van der Waals surface area contributed by atoms with Crippen molar-refractivity contribution in [2.45, 2.75) is 43.9 Å². The number of hydrogen-bond donors (Lipinski definition) is 0. The van der Waals surface area contributed by atoms with Crippen molar-refractivity contribution in [3.63, 3.8) is 0 Å². The number of carbonyl (C=O) groups is 1. The van der Waals surface area contributed by atoms with E-state index in [4.69, 9.17) is 4.74 Å². The highest BCUT2D eigenvalue weighted by atomic mass is 35.5. The molecule has 104 valence electrons. The van der Waals surface area contributed by atoms with Crippen molar-refractivity contribution in [3.8, 4) is 0 Å². The van der Waals surface area contributed by atoms with Crippen LogP contribution < -0.4 is 0 Å². The number of halogens is 1. The van der Waals surface area contributed by atoms with E-state index in [-0.39, 0.29) is 24.1 Å². The van der Waals surface area contributed by atoms with Crippen LogP contribution in [0.3, 0.4) is 0 Å². The lowest BCUT2D eigenvalue weighted by Crippen LogP contribution is -2.50. The molecule has 0 amide bonds. The minimum atomic E-state index is -0.337. The number of fused-ring (bicyclic) bond motifs is 2. The predicted molar refractivity (Wildman–Crippen MR) is 76.5 cm³/mol. The van der Waals surface area contributed by atoms with Gasteiger partial charge in [-0.2, -0.15) is 0 Å². The summed E-state index contributed by atoms with van der Waals surface area (Å²) in [6.45, 7) is 0. The minimum Gasteiger partial charge on any atom is -0.440 e. The lowest BCUT2D eigenvalue weighted by molar-refractivity contribution is -0.116. The quantitative estimate of drug-likeness (QED) is 0.780. The summed E-state index contributed by atoms with van der Waals surface area (Å²) in [5, 5.41) is 0. The van der Waals surface area contributed by atoms with E-state index in [1.165, 1.54) is 6.42 Å². The average molecular weight is 282 g/mol. The van der Waals surface area contributed by atoms with Crippen LogP contribution in [-0.4, -0.2) is 29.7 Å². The van der Waals surface area contributed by atoms with Gasteiger partial charge in [0.05, 0.1) is 5.56 Å². The molecule has 0 spiro atoms. The third-order valence-electron chi connectivity index (χ3n) is 4.46. The Kier molecular flexibility index (Phi) is 4.16. The normalized spacial score (nSPS) is 29.6. The lowest BCUT2D eigenvalue weighted by atomic mass is 10.0. The van der Waals surface area contributed by atoms with Crippen molar-refractivity contribution >= 4 is 18.4 Å². The summed E-state index contributed by atoms with van der Waals surface area (Å²) in [5.74, 6) is -0.190. The van der Waals surface area contributed by atoms with Crippen LogP contribution in [0.5, 0.6) is 0 Å². The summed E-state index contributed by atoms with van der Waals surface area (Å²) in [6.07, 6.45) is 5.50. The Morgan fingerprint density at radius 2 is 2.00 bits per heavy atom. The summed E-state index contributed by atoms with van der Waals surface area (Å²) in [7, 11) is 2.09. The Bertz CT molecular complexity index is 447. The topological polar surface area (TPSA) is 29.5 Å². The van der Waals surface area contributed by atoms with Gasteiger partial charge in [-0.1, -0.05) is 18.2 Å². The minimum absolute atomic E-state index is 0. The number of ether oxygens (including phenoxy) is 1. The summed E-state index contributed by atoms with van der Waals surface area (Å²) in [4.78, 5) is 14.5. The molecular weight excluding hydrogens is 262 g/mol. The Balaban J connectivity index is 0.00000133. The van der Waals surface area contributed by atoms with Crippen LogP contribution in [-0.2, 0) is 4.74 Å². The van der Waals surface area contributed by atoms with Crippen LogP contribution in [0.1, 0.15) is 42.5 Å². The number of hydrogen-bond acceptors (Lipinski definition) is 3. The molecule has 19 heavy (non-hydrogen) atoms. The maximum atomic E-state index is 12.2. The van der Waals surface area contributed by atoms with Crippen molar-refractivity contribution < 1.29 is 9.53 Å². The first-order chi connectivity index (χ1) is 8.71. The molecule has 1 aromatic rings. The number of carbonyl (C=O) groups excluding carboxylic acids is 1. The number of piperidine rings is 1. The molecule has 2 atom stereocenters. The highest BCUT2D eigenvalue weighted by Gasteiger charge is 2.49. The van der Waals surface area contributed by atoms with Crippen LogP contribution in [0.15, 0.2) is 30.3 Å². The fourth-order valence-corrected chi connectivity index (χ4v) is 3.33. The molecule has 0 aliphatic carbocycles. The maximum Gasteiger partial charge on any atom is 0.339 e. The molecule has 2 aliphatic rings. The van der Waals surface area contributed by atoms with Gasteiger partial charge in [-0.25, -0.2) is 4.79 Å². The zero-order valence-corrected chi connectivity index (χ0v) is 12.0. The number of nitrogens with zero attached hydrogens (tertiary/aromatic N) is 1. The van der Waals surface area contributed by atoms with E-state index in [0.29, 0.717) is 11.6 Å². The second-order valence-electron chi connectivity index (χ2n) is 5.40. The van der Waals surface area contributed by atoms with Gasteiger partial charge in [0.15, 0.2) is 5.72 Å². The zero-order valence-electron chi connectivity index (χ0n) is 11.2. The summed E-state index contributed by atoms with van der Waals surface area (Å²) in [6, 6.07) is 9.88. The lowest BCUT2D eigenvalue weighted by Gasteiger charge is -2.41. The fraction of sp³-hybridized carbons (Fsp3) is 0.533. The molecule has 0 radical (unpaired) electrons. The number of benzene rings is 1. The first-order valence-corrected chi connectivity index (χ1v) is 6.73. The molecule has 0 aromatic heterocycles. The van der Waals surface area contributed by atoms with Crippen molar-refractivity contribution in [2.75, 3.05) is 7.05 Å². The number of esters is 1. The van der Waals surface area contributed by atoms with Crippen molar-refractivity contribution in [1.29, 1.82) is 0 Å². The van der Waals surface area contributed by atoms with Gasteiger partial charge in [0.2, 0.25) is 0 Å². The Labute approximate surface area is 120 Å². The van der Waals surface area contributed by atoms with Gasteiger partial charge in [-0.05, 0) is 38.4 Å². The van der Waals surface area contributed by atoms with Gasteiger partial charge in [0, 0.05) is 18.9 Å². The van der Waals surface area contributed by atoms with Crippen molar-refractivity contribution in [3.05, 3.63) is 35.9 Å². The molecule has 0 saturated carbocycles. The zero-order chi connectivity index (χ0) is 12.6. The summed E-state index contributed by atoms with van der Waals surface area (Å²) in [5.41, 5.74) is 0.310. The van der Waals surface area contributed by atoms with Crippen molar-refractivity contribution in [1.82, 2.24) is 4.90 Å². The van der Waals surface area contributed by atoms with E-state index in [0.717, 1.165) is 25.7 Å². The largest absolute Gasteiger partial charge is 0.440 e. The molecule has 3 nitrogen and oxygen atoms in total. The van der Waals surface area contributed by atoms with Gasteiger partial charge in [-0.15, -0.1) is 12.4 Å². The highest BCUT2D eigenvalue weighted by Crippen LogP contribution is 2.43. The second kappa shape index (κ2) is 5.51. The number of rotatable bonds is 2. The van der Waals surface area contributed by atoms with E-state index >= 15 is 0 Å². The molecule has 2 bridgehead atoms. The molecule has 2 aliphatic heterocycles. The smallest absolute Gasteiger partial charge is 0.339 e.